The van der Waals surface area contributed by atoms with Gasteiger partial charge in [-0.1, -0.05) is 38.3 Å². The lowest BCUT2D eigenvalue weighted by Gasteiger charge is -2.32. The molecule has 1 saturated heterocycles. The topological polar surface area (TPSA) is 61.9 Å². The summed E-state index contributed by atoms with van der Waals surface area (Å²) in [5, 5.41) is 3.08. The monoisotopic (exact) mass is 417 g/mol. The van der Waals surface area contributed by atoms with E-state index in [4.69, 9.17) is 4.74 Å². The molecule has 1 unspecified atom stereocenters. The van der Waals surface area contributed by atoms with E-state index in [0.29, 0.717) is 26.2 Å². The summed E-state index contributed by atoms with van der Waals surface area (Å²) in [7, 11) is 1.84. The lowest BCUT2D eigenvalue weighted by molar-refractivity contribution is -0.134. The molecule has 1 atom stereocenters. The third-order valence-electron chi connectivity index (χ3n) is 5.64. The molecule has 1 aliphatic rings. The van der Waals surface area contributed by atoms with Gasteiger partial charge in [-0.05, 0) is 50.4 Å². The van der Waals surface area contributed by atoms with Crippen LogP contribution in [0.4, 0.5) is 0 Å². The molecule has 1 aromatic rings. The molecule has 1 aliphatic heterocycles. The van der Waals surface area contributed by atoms with Gasteiger partial charge in [-0.15, -0.1) is 0 Å². The quantitative estimate of drug-likeness (QED) is 0.529. The number of unbranched alkanes of at least 4 members (excludes halogenated alkanes) is 3. The molecule has 30 heavy (non-hydrogen) atoms. The first kappa shape index (κ1) is 24.2. The Balaban J connectivity index is 1.74. The van der Waals surface area contributed by atoms with Crippen LogP contribution in [0.15, 0.2) is 24.3 Å². The van der Waals surface area contributed by atoms with Gasteiger partial charge in [0, 0.05) is 26.7 Å². The number of nitrogens with one attached hydrogen (secondary N) is 1. The minimum absolute atomic E-state index is 0.00542. The Hall–Kier alpha value is -2.08. The number of benzene rings is 1. The zero-order valence-corrected chi connectivity index (χ0v) is 19.0. The van der Waals surface area contributed by atoms with Crippen LogP contribution in [0.5, 0.6) is 5.75 Å². The molecule has 1 heterocycles. The first-order valence-corrected chi connectivity index (χ1v) is 11.5. The number of nitrogens with zero attached hydrogens (tertiary/aromatic N) is 2. The molecule has 1 fully saturated rings. The molecule has 1 aromatic carbocycles. The highest BCUT2D eigenvalue weighted by molar-refractivity contribution is 5.80. The molecule has 2 rings (SSSR count). The second-order valence-corrected chi connectivity index (χ2v) is 8.25. The van der Waals surface area contributed by atoms with Crippen molar-refractivity contribution in [2.45, 2.75) is 58.9 Å². The van der Waals surface area contributed by atoms with Gasteiger partial charge in [0.1, 0.15) is 5.75 Å². The molecule has 6 nitrogen and oxygen atoms in total. The standard InChI is InChI=1S/C24H39N3O3/c1-4-6-7-8-15-25-24(29)21-10-9-16-27(18-21)19-23(28)26(3)17-20-11-13-22(14-12-20)30-5-2/h11-14,21H,4-10,15-19H2,1-3H3,(H,25,29). The number of carbonyl (C=O) groups is 2. The largest absolute Gasteiger partial charge is 0.494 e. The van der Waals surface area contributed by atoms with Crippen molar-refractivity contribution in [2.24, 2.45) is 5.92 Å². The number of rotatable bonds is 12. The van der Waals surface area contributed by atoms with Crippen molar-refractivity contribution in [3.63, 3.8) is 0 Å². The van der Waals surface area contributed by atoms with Crippen molar-refractivity contribution < 1.29 is 14.3 Å². The highest BCUT2D eigenvalue weighted by Gasteiger charge is 2.27. The van der Waals surface area contributed by atoms with E-state index in [1.165, 1.54) is 19.3 Å². The summed E-state index contributed by atoms with van der Waals surface area (Å²) in [6.07, 6.45) is 6.51. The van der Waals surface area contributed by atoms with Crippen molar-refractivity contribution in [2.75, 3.05) is 39.8 Å². The number of piperidine rings is 1. The molecular formula is C24H39N3O3. The van der Waals surface area contributed by atoms with Crippen LogP contribution >= 0.6 is 0 Å². The molecular weight excluding hydrogens is 378 g/mol. The summed E-state index contributed by atoms with van der Waals surface area (Å²) < 4.78 is 5.46. The predicted octanol–water partition coefficient (Wildman–Crippen LogP) is 3.45. The van der Waals surface area contributed by atoms with Crippen LogP contribution < -0.4 is 10.1 Å². The van der Waals surface area contributed by atoms with E-state index in [0.717, 1.165) is 43.7 Å². The highest BCUT2D eigenvalue weighted by atomic mass is 16.5. The molecule has 168 valence electrons. The van der Waals surface area contributed by atoms with E-state index in [9.17, 15) is 9.59 Å². The number of likely N-dealkylation sites (tertiary alicyclic amines) is 1. The molecule has 0 bridgehead atoms. The van der Waals surface area contributed by atoms with Crippen LogP contribution in [0.3, 0.4) is 0 Å². The van der Waals surface area contributed by atoms with Gasteiger partial charge in [-0.3, -0.25) is 14.5 Å². The molecule has 0 aliphatic carbocycles. The SMILES string of the molecule is CCCCCCNC(=O)C1CCCN(CC(=O)N(C)Cc2ccc(OCC)cc2)C1. The van der Waals surface area contributed by atoms with Crippen molar-refractivity contribution in [3.05, 3.63) is 29.8 Å². The summed E-state index contributed by atoms with van der Waals surface area (Å²) in [6.45, 7) is 8.04. The molecule has 6 heteroatoms. The molecule has 0 saturated carbocycles. The Morgan fingerprint density at radius 3 is 2.63 bits per heavy atom. The Morgan fingerprint density at radius 1 is 1.17 bits per heavy atom. The summed E-state index contributed by atoms with van der Waals surface area (Å²) in [6, 6.07) is 7.87. The van der Waals surface area contributed by atoms with Crippen molar-refractivity contribution >= 4 is 11.8 Å². The maximum Gasteiger partial charge on any atom is 0.236 e. The van der Waals surface area contributed by atoms with E-state index in [-0.39, 0.29) is 17.7 Å². The van der Waals surface area contributed by atoms with Gasteiger partial charge in [0.25, 0.3) is 0 Å². The van der Waals surface area contributed by atoms with Gasteiger partial charge >= 0.3 is 0 Å². The average Bonchev–Trinajstić information content (AvgIpc) is 2.75. The van der Waals surface area contributed by atoms with Crippen molar-refractivity contribution in [3.8, 4) is 5.75 Å². The Morgan fingerprint density at radius 2 is 1.93 bits per heavy atom. The number of amides is 2. The van der Waals surface area contributed by atoms with Gasteiger partial charge < -0.3 is 15.0 Å². The molecule has 0 aromatic heterocycles. The van der Waals surface area contributed by atoms with Crippen LogP contribution in [0, 0.1) is 5.92 Å². The van der Waals surface area contributed by atoms with Gasteiger partial charge in [-0.25, -0.2) is 0 Å². The number of hydrogen-bond donors (Lipinski definition) is 1. The number of hydrogen-bond acceptors (Lipinski definition) is 4. The van der Waals surface area contributed by atoms with E-state index < -0.39 is 0 Å². The van der Waals surface area contributed by atoms with Gasteiger partial charge in [0.05, 0.1) is 19.1 Å². The number of ether oxygens (including phenoxy) is 1. The van der Waals surface area contributed by atoms with E-state index >= 15 is 0 Å². The highest BCUT2D eigenvalue weighted by Crippen LogP contribution is 2.17. The molecule has 1 N–H and O–H groups in total. The van der Waals surface area contributed by atoms with Gasteiger partial charge in [-0.2, -0.15) is 0 Å². The second kappa shape index (κ2) is 13.3. The van der Waals surface area contributed by atoms with Crippen molar-refractivity contribution in [1.29, 1.82) is 0 Å². The molecule has 0 radical (unpaired) electrons. The fourth-order valence-electron chi connectivity index (χ4n) is 3.85. The lowest BCUT2D eigenvalue weighted by Crippen LogP contribution is -2.46. The minimum atomic E-state index is -0.00542. The van der Waals surface area contributed by atoms with Gasteiger partial charge in [0.15, 0.2) is 0 Å². The Labute approximate surface area is 182 Å². The third-order valence-corrected chi connectivity index (χ3v) is 5.64. The summed E-state index contributed by atoms with van der Waals surface area (Å²) in [4.78, 5) is 29.0. The van der Waals surface area contributed by atoms with Crippen LogP contribution in [0.25, 0.3) is 0 Å². The Kier molecular flexibility index (Phi) is 10.7. The van der Waals surface area contributed by atoms with Gasteiger partial charge in [0.2, 0.25) is 11.8 Å². The third kappa shape index (κ3) is 8.34. The summed E-state index contributed by atoms with van der Waals surface area (Å²) >= 11 is 0. The van der Waals surface area contributed by atoms with Crippen molar-refractivity contribution in [1.82, 2.24) is 15.1 Å². The maximum atomic E-state index is 12.7. The Bertz CT molecular complexity index is 648. The summed E-state index contributed by atoms with van der Waals surface area (Å²) in [5.74, 6) is 1.07. The van der Waals surface area contributed by atoms with Crippen LogP contribution in [-0.4, -0.2) is 61.4 Å². The number of carbonyl (C=O) groups excluding carboxylic acids is 2. The van der Waals surface area contributed by atoms with Crippen LogP contribution in [0.1, 0.15) is 57.9 Å². The average molecular weight is 418 g/mol. The lowest BCUT2D eigenvalue weighted by atomic mass is 9.97. The summed E-state index contributed by atoms with van der Waals surface area (Å²) in [5.41, 5.74) is 1.08. The van der Waals surface area contributed by atoms with Crippen LogP contribution in [-0.2, 0) is 16.1 Å². The first-order chi connectivity index (χ1) is 14.5. The molecule has 2 amide bonds. The fourth-order valence-corrected chi connectivity index (χ4v) is 3.85. The zero-order chi connectivity index (χ0) is 21.8. The minimum Gasteiger partial charge on any atom is -0.494 e. The zero-order valence-electron chi connectivity index (χ0n) is 19.0. The fraction of sp³-hybridized carbons (Fsp3) is 0.667. The van der Waals surface area contributed by atoms with Crippen LogP contribution in [0.2, 0.25) is 0 Å². The predicted molar refractivity (Wildman–Crippen MR) is 120 cm³/mol. The normalized spacial score (nSPS) is 16.8. The smallest absolute Gasteiger partial charge is 0.236 e. The van der Waals surface area contributed by atoms with E-state index in [1.54, 1.807) is 4.90 Å². The second-order valence-electron chi connectivity index (χ2n) is 8.25. The first-order valence-electron chi connectivity index (χ1n) is 11.5. The van der Waals surface area contributed by atoms with E-state index in [1.807, 2.05) is 38.2 Å². The number of likely N-dealkylation sites (N-methyl/N-ethyl adjacent to an activating group) is 1. The maximum absolute atomic E-state index is 12.7. The molecule has 0 spiro atoms. The van der Waals surface area contributed by atoms with E-state index in [2.05, 4.69) is 17.1 Å².